The normalized spacial score (nSPS) is 14.6. The van der Waals surface area contributed by atoms with Gasteiger partial charge in [0.1, 0.15) is 5.76 Å². The van der Waals surface area contributed by atoms with Gasteiger partial charge in [-0.25, -0.2) is 0 Å². The summed E-state index contributed by atoms with van der Waals surface area (Å²) in [7, 11) is 0. The number of rotatable bonds is 8. The minimum atomic E-state index is -1.05. The van der Waals surface area contributed by atoms with E-state index in [1.807, 2.05) is 0 Å². The number of hydrogen-bond donors (Lipinski definition) is 2. The third-order valence-electron chi connectivity index (χ3n) is 5.36. The predicted molar refractivity (Wildman–Crippen MR) is 115 cm³/mol. The highest BCUT2D eigenvalue weighted by atomic mass is 16.3. The largest absolute Gasteiger partial charge is 0.467 e. The molecule has 3 amide bonds. The maximum Gasteiger partial charge on any atom is 0.287 e. The van der Waals surface area contributed by atoms with Crippen molar-refractivity contribution in [3.8, 4) is 0 Å². The zero-order chi connectivity index (χ0) is 22.3. The molecule has 1 aliphatic carbocycles. The average Bonchev–Trinajstić information content (AvgIpc) is 3.59. The quantitative estimate of drug-likeness (QED) is 0.561. The fourth-order valence-corrected chi connectivity index (χ4v) is 3.84. The smallest absolute Gasteiger partial charge is 0.287 e. The van der Waals surface area contributed by atoms with E-state index in [0.29, 0.717) is 11.4 Å². The maximum atomic E-state index is 13.4. The molecule has 0 radical (unpaired) electrons. The van der Waals surface area contributed by atoms with Crippen LogP contribution in [0.25, 0.3) is 0 Å². The summed E-state index contributed by atoms with van der Waals surface area (Å²) < 4.78 is 10.6. The van der Waals surface area contributed by atoms with Gasteiger partial charge in [0.25, 0.3) is 11.8 Å². The third-order valence-corrected chi connectivity index (χ3v) is 5.36. The van der Waals surface area contributed by atoms with E-state index in [2.05, 4.69) is 15.6 Å². The summed E-state index contributed by atoms with van der Waals surface area (Å²) in [6.07, 6.45) is 9.80. The van der Waals surface area contributed by atoms with Gasteiger partial charge in [-0.3, -0.25) is 24.3 Å². The first-order valence-electron chi connectivity index (χ1n) is 10.5. The van der Waals surface area contributed by atoms with Gasteiger partial charge in [0, 0.05) is 12.2 Å². The van der Waals surface area contributed by atoms with Gasteiger partial charge in [-0.05, 0) is 49.2 Å². The molecule has 0 saturated heterocycles. The summed E-state index contributed by atoms with van der Waals surface area (Å²) in [6, 6.07) is 8.75. The highest BCUT2D eigenvalue weighted by Crippen LogP contribution is 2.29. The van der Waals surface area contributed by atoms with Crippen LogP contribution in [0.2, 0.25) is 0 Å². The second kappa shape index (κ2) is 9.95. The number of anilines is 1. The van der Waals surface area contributed by atoms with Gasteiger partial charge in [0.2, 0.25) is 5.91 Å². The molecule has 9 heteroatoms. The van der Waals surface area contributed by atoms with Gasteiger partial charge in [0.05, 0.1) is 31.0 Å². The third kappa shape index (κ3) is 4.88. The van der Waals surface area contributed by atoms with E-state index in [-0.39, 0.29) is 24.3 Å². The number of pyridine rings is 1. The molecule has 0 unspecified atom stereocenters. The van der Waals surface area contributed by atoms with Crippen molar-refractivity contribution in [3.63, 3.8) is 0 Å². The maximum absolute atomic E-state index is 13.4. The molecular weight excluding hydrogens is 412 g/mol. The molecule has 3 aromatic rings. The Hall–Kier alpha value is -3.88. The summed E-state index contributed by atoms with van der Waals surface area (Å²) in [5.41, 5.74) is 0.410. The highest BCUT2D eigenvalue weighted by molar-refractivity contribution is 6.03. The number of carbonyl (C=O) groups is 3. The van der Waals surface area contributed by atoms with Gasteiger partial charge in [-0.15, -0.1) is 0 Å². The Morgan fingerprint density at radius 1 is 1.06 bits per heavy atom. The molecule has 1 fully saturated rings. The molecule has 0 bridgehead atoms. The van der Waals surface area contributed by atoms with Gasteiger partial charge in [-0.1, -0.05) is 12.8 Å². The fourth-order valence-electron chi connectivity index (χ4n) is 3.84. The number of nitrogens with zero attached hydrogens (tertiary/aromatic N) is 2. The van der Waals surface area contributed by atoms with Crippen molar-refractivity contribution in [2.24, 2.45) is 0 Å². The lowest BCUT2D eigenvalue weighted by molar-refractivity contribution is -0.127. The van der Waals surface area contributed by atoms with Gasteiger partial charge in [0.15, 0.2) is 11.8 Å². The van der Waals surface area contributed by atoms with Crippen LogP contribution in [0.3, 0.4) is 0 Å². The number of amides is 3. The van der Waals surface area contributed by atoms with E-state index < -0.39 is 17.9 Å². The van der Waals surface area contributed by atoms with Crippen molar-refractivity contribution in [3.05, 3.63) is 72.8 Å². The van der Waals surface area contributed by atoms with Crippen LogP contribution in [0.4, 0.5) is 5.69 Å². The lowest BCUT2D eigenvalue weighted by atomic mass is 10.1. The summed E-state index contributed by atoms with van der Waals surface area (Å²) in [6.45, 7) is -0.345. The molecule has 3 aromatic heterocycles. The Labute approximate surface area is 184 Å². The van der Waals surface area contributed by atoms with Crippen molar-refractivity contribution in [1.29, 1.82) is 0 Å². The lowest BCUT2D eigenvalue weighted by Crippen LogP contribution is -2.49. The van der Waals surface area contributed by atoms with Gasteiger partial charge < -0.3 is 19.5 Å². The molecule has 0 aliphatic heterocycles. The van der Waals surface area contributed by atoms with Crippen LogP contribution in [-0.2, 0) is 9.59 Å². The molecule has 9 nitrogen and oxygen atoms in total. The summed E-state index contributed by atoms with van der Waals surface area (Å²) in [5, 5.41) is 5.58. The Morgan fingerprint density at radius 3 is 2.50 bits per heavy atom. The minimum absolute atomic E-state index is 0.0597. The van der Waals surface area contributed by atoms with E-state index in [1.165, 1.54) is 29.7 Å². The molecule has 166 valence electrons. The van der Waals surface area contributed by atoms with Crippen LogP contribution in [0.15, 0.2) is 70.2 Å². The highest BCUT2D eigenvalue weighted by Gasteiger charge is 2.36. The second-order valence-corrected chi connectivity index (χ2v) is 7.54. The Balaban J connectivity index is 1.61. The molecule has 4 rings (SSSR count). The Morgan fingerprint density at radius 2 is 1.84 bits per heavy atom. The van der Waals surface area contributed by atoms with Crippen molar-refractivity contribution in [1.82, 2.24) is 15.6 Å². The van der Waals surface area contributed by atoms with E-state index in [0.717, 1.165) is 25.7 Å². The topological polar surface area (TPSA) is 118 Å². The standard InChI is InChI=1S/C23H24N4O5/c28-20(15-25-22(29)19-10-5-13-32-19)27(17-8-3-11-24-14-17)21(18-9-4-12-31-18)23(30)26-16-6-1-2-7-16/h3-5,8-14,16,21H,1-2,6-7,15H2,(H,25,29)(H,26,30)/t21-/m1/s1. The molecule has 1 aliphatic rings. The van der Waals surface area contributed by atoms with Crippen molar-refractivity contribution in [2.75, 3.05) is 11.4 Å². The lowest BCUT2D eigenvalue weighted by Gasteiger charge is -2.30. The van der Waals surface area contributed by atoms with Crippen molar-refractivity contribution in [2.45, 2.75) is 37.8 Å². The van der Waals surface area contributed by atoms with Gasteiger partial charge in [-0.2, -0.15) is 0 Å². The van der Waals surface area contributed by atoms with Crippen LogP contribution in [0, 0.1) is 0 Å². The van der Waals surface area contributed by atoms with Crippen LogP contribution >= 0.6 is 0 Å². The Kier molecular flexibility index (Phi) is 6.64. The summed E-state index contributed by atoms with van der Waals surface area (Å²) in [5.74, 6) is -0.968. The number of furan rings is 2. The molecule has 32 heavy (non-hydrogen) atoms. The first kappa shape index (κ1) is 21.4. The number of aromatic nitrogens is 1. The van der Waals surface area contributed by atoms with Crippen molar-refractivity contribution < 1.29 is 23.2 Å². The molecule has 3 heterocycles. The van der Waals surface area contributed by atoms with E-state index in [1.54, 1.807) is 36.5 Å². The number of nitrogens with one attached hydrogen (secondary N) is 2. The molecule has 0 aromatic carbocycles. The van der Waals surface area contributed by atoms with Gasteiger partial charge >= 0.3 is 0 Å². The first-order chi connectivity index (χ1) is 15.6. The van der Waals surface area contributed by atoms with E-state index >= 15 is 0 Å². The SMILES string of the molecule is O=C(NCC(=O)N(c1cccnc1)[C@@H](C(=O)NC1CCCC1)c1ccco1)c1ccco1. The zero-order valence-corrected chi connectivity index (χ0v) is 17.4. The number of hydrogen-bond acceptors (Lipinski definition) is 6. The first-order valence-corrected chi connectivity index (χ1v) is 10.5. The molecule has 0 spiro atoms. The van der Waals surface area contributed by atoms with E-state index in [4.69, 9.17) is 8.83 Å². The summed E-state index contributed by atoms with van der Waals surface area (Å²) in [4.78, 5) is 44.3. The number of carbonyl (C=O) groups excluding carboxylic acids is 3. The minimum Gasteiger partial charge on any atom is -0.467 e. The van der Waals surface area contributed by atoms with Crippen LogP contribution in [0.5, 0.6) is 0 Å². The van der Waals surface area contributed by atoms with Crippen LogP contribution in [0.1, 0.15) is 48.0 Å². The second-order valence-electron chi connectivity index (χ2n) is 7.54. The molecule has 1 saturated carbocycles. The zero-order valence-electron chi connectivity index (χ0n) is 17.4. The molecular formula is C23H24N4O5. The molecule has 2 N–H and O–H groups in total. The molecule has 1 atom stereocenters. The van der Waals surface area contributed by atoms with Crippen molar-refractivity contribution >= 4 is 23.4 Å². The van der Waals surface area contributed by atoms with Crippen LogP contribution in [-0.4, -0.2) is 35.3 Å². The predicted octanol–water partition coefficient (Wildman–Crippen LogP) is 2.83. The summed E-state index contributed by atoms with van der Waals surface area (Å²) >= 11 is 0. The Bertz CT molecular complexity index is 1030. The van der Waals surface area contributed by atoms with E-state index in [9.17, 15) is 14.4 Å². The average molecular weight is 436 g/mol. The fraction of sp³-hybridized carbons (Fsp3) is 0.304. The van der Waals surface area contributed by atoms with Crippen LogP contribution < -0.4 is 15.5 Å². The monoisotopic (exact) mass is 436 g/mol.